The number of halogens is 1. The Morgan fingerprint density at radius 1 is 1.46 bits per heavy atom. The summed E-state index contributed by atoms with van der Waals surface area (Å²) in [5.74, 6) is 0.726. The second-order valence-electron chi connectivity index (χ2n) is 2.38. The van der Waals surface area contributed by atoms with Crippen molar-refractivity contribution in [3.05, 3.63) is 15.9 Å². The van der Waals surface area contributed by atoms with Crippen molar-refractivity contribution in [1.82, 2.24) is 29.8 Å². The summed E-state index contributed by atoms with van der Waals surface area (Å²) in [5.41, 5.74) is 0.696. The van der Waals surface area contributed by atoms with Crippen molar-refractivity contribution in [2.24, 2.45) is 0 Å². The van der Waals surface area contributed by atoms with Crippen LogP contribution in [-0.4, -0.2) is 29.8 Å². The third-order valence-electron chi connectivity index (χ3n) is 1.52. The molecule has 0 saturated heterocycles. The first-order valence-corrected chi connectivity index (χ1v) is 4.62. The number of hydrogen-bond acceptors (Lipinski definition) is 6. The fourth-order valence-corrected chi connectivity index (χ4v) is 1.44. The lowest BCUT2D eigenvalue weighted by Crippen LogP contribution is -2.04. The van der Waals surface area contributed by atoms with E-state index in [1.807, 2.05) is 6.92 Å². The van der Waals surface area contributed by atoms with Crippen LogP contribution in [0.2, 0.25) is 4.34 Å². The average Bonchev–Trinajstić information content (AvgIpc) is 2.65. The van der Waals surface area contributed by atoms with Gasteiger partial charge in [0.25, 0.3) is 0 Å². The normalized spacial score (nSPS) is 10.6. The molecule has 2 rings (SSSR count). The predicted octanol–water partition coefficient (Wildman–Crippen LogP) is 0.535. The van der Waals surface area contributed by atoms with E-state index in [1.54, 1.807) is 4.68 Å². The van der Waals surface area contributed by atoms with E-state index in [1.165, 1.54) is 0 Å². The molecule has 68 valence electrons. The Balaban J connectivity index is 2.24. The Hall–Kier alpha value is -1.08. The van der Waals surface area contributed by atoms with Crippen LogP contribution < -0.4 is 0 Å². The van der Waals surface area contributed by atoms with E-state index in [-0.39, 0.29) is 0 Å². The van der Waals surface area contributed by atoms with Gasteiger partial charge in [-0.25, -0.2) is 4.68 Å². The third-order valence-corrected chi connectivity index (χ3v) is 2.50. The van der Waals surface area contributed by atoms with Gasteiger partial charge in [0.1, 0.15) is 15.9 Å². The summed E-state index contributed by atoms with van der Waals surface area (Å²) in [6, 6.07) is 0. The van der Waals surface area contributed by atoms with Gasteiger partial charge in [-0.2, -0.15) is 0 Å². The monoisotopic (exact) mass is 216 g/mol. The second kappa shape index (κ2) is 3.35. The number of hydrogen-bond donors (Lipinski definition) is 0. The number of tetrazole rings is 1. The minimum atomic E-state index is 0.466. The van der Waals surface area contributed by atoms with E-state index < -0.39 is 0 Å². The molecule has 6 nitrogen and oxygen atoms in total. The van der Waals surface area contributed by atoms with Gasteiger partial charge in [-0.15, -0.1) is 10.2 Å². The number of aromatic nitrogens is 6. The highest BCUT2D eigenvalue weighted by Crippen LogP contribution is 2.17. The molecule has 13 heavy (non-hydrogen) atoms. The maximum Gasteiger partial charge on any atom is 0.148 e. The Kier molecular flexibility index (Phi) is 2.19. The molecule has 8 heteroatoms. The first-order chi connectivity index (χ1) is 6.27. The zero-order valence-electron chi connectivity index (χ0n) is 6.68. The van der Waals surface area contributed by atoms with Gasteiger partial charge in [0.2, 0.25) is 0 Å². The van der Waals surface area contributed by atoms with E-state index in [4.69, 9.17) is 11.6 Å². The summed E-state index contributed by atoms with van der Waals surface area (Å²) in [7, 11) is 0. The van der Waals surface area contributed by atoms with Crippen LogP contribution in [0.5, 0.6) is 0 Å². The van der Waals surface area contributed by atoms with Gasteiger partial charge in [-0.05, 0) is 17.4 Å². The van der Waals surface area contributed by atoms with Crippen LogP contribution in [0.3, 0.4) is 0 Å². The lowest BCUT2D eigenvalue weighted by Gasteiger charge is -1.96. The first-order valence-electron chi connectivity index (χ1n) is 3.47. The van der Waals surface area contributed by atoms with Gasteiger partial charge < -0.3 is 0 Å². The Morgan fingerprint density at radius 2 is 2.31 bits per heavy atom. The Bertz CT molecular complexity index is 370. The summed E-state index contributed by atoms with van der Waals surface area (Å²) >= 11 is 6.98. The van der Waals surface area contributed by atoms with E-state index in [0.29, 0.717) is 16.6 Å². The molecule has 2 heterocycles. The maximum atomic E-state index is 5.82. The van der Waals surface area contributed by atoms with Crippen molar-refractivity contribution in [2.45, 2.75) is 13.5 Å². The predicted molar refractivity (Wildman–Crippen MR) is 46.6 cm³/mol. The maximum absolute atomic E-state index is 5.82. The fourth-order valence-electron chi connectivity index (χ4n) is 0.829. The minimum absolute atomic E-state index is 0.466. The molecule has 0 amide bonds. The van der Waals surface area contributed by atoms with Crippen LogP contribution in [0.4, 0.5) is 0 Å². The summed E-state index contributed by atoms with van der Waals surface area (Å²) in [5, 5.41) is 14.9. The van der Waals surface area contributed by atoms with Gasteiger partial charge in [0.05, 0.1) is 6.54 Å². The molecule has 0 N–H and O–H groups in total. The molecule has 2 aromatic rings. The van der Waals surface area contributed by atoms with E-state index >= 15 is 0 Å². The zero-order chi connectivity index (χ0) is 9.26. The summed E-state index contributed by atoms with van der Waals surface area (Å²) in [4.78, 5) is 0. The smallest absolute Gasteiger partial charge is 0.148 e. The molecular formula is C5H5ClN6S. The molecule has 0 aliphatic rings. The van der Waals surface area contributed by atoms with Gasteiger partial charge in [0.15, 0.2) is 0 Å². The Labute approximate surface area is 82.7 Å². The lowest BCUT2D eigenvalue weighted by atomic mass is 10.5. The second-order valence-corrected chi connectivity index (χ2v) is 3.73. The van der Waals surface area contributed by atoms with Crippen LogP contribution in [-0.2, 0) is 6.54 Å². The van der Waals surface area contributed by atoms with Gasteiger partial charge >= 0.3 is 0 Å². The molecule has 0 aliphatic heterocycles. The molecule has 2 aromatic heterocycles. The summed E-state index contributed by atoms with van der Waals surface area (Å²) in [6.07, 6.45) is 0. The Morgan fingerprint density at radius 3 is 2.85 bits per heavy atom. The summed E-state index contributed by atoms with van der Waals surface area (Å²) in [6.45, 7) is 2.28. The molecule has 0 aliphatic carbocycles. The molecule has 0 aromatic carbocycles. The lowest BCUT2D eigenvalue weighted by molar-refractivity contribution is 0.622. The van der Waals surface area contributed by atoms with Gasteiger partial charge in [-0.3, -0.25) is 0 Å². The van der Waals surface area contributed by atoms with Crippen molar-refractivity contribution in [3.8, 4) is 0 Å². The third kappa shape index (κ3) is 1.65. The number of rotatable bonds is 2. The minimum Gasteiger partial charge on any atom is -0.224 e. The van der Waals surface area contributed by atoms with Gasteiger partial charge in [0, 0.05) is 11.5 Å². The van der Waals surface area contributed by atoms with Crippen LogP contribution >= 0.6 is 23.1 Å². The van der Waals surface area contributed by atoms with Crippen molar-refractivity contribution in [2.75, 3.05) is 0 Å². The highest BCUT2D eigenvalue weighted by Gasteiger charge is 2.08. The molecule has 0 spiro atoms. The first kappa shape index (κ1) is 8.52. The van der Waals surface area contributed by atoms with Crippen molar-refractivity contribution < 1.29 is 0 Å². The van der Waals surface area contributed by atoms with E-state index in [9.17, 15) is 0 Å². The fraction of sp³-hybridized carbons (Fsp3) is 0.400. The zero-order valence-corrected chi connectivity index (χ0v) is 8.25. The van der Waals surface area contributed by atoms with Crippen LogP contribution in [0.25, 0.3) is 0 Å². The average molecular weight is 217 g/mol. The van der Waals surface area contributed by atoms with Crippen molar-refractivity contribution in [3.63, 3.8) is 0 Å². The topological polar surface area (TPSA) is 69.4 Å². The molecule has 0 saturated carbocycles. The van der Waals surface area contributed by atoms with Crippen LogP contribution in [0.15, 0.2) is 0 Å². The summed E-state index contributed by atoms with van der Waals surface area (Å²) < 4.78 is 5.90. The molecule has 0 radical (unpaired) electrons. The molecule has 0 fully saturated rings. The SMILES string of the molecule is Cc1nnnn1Cc1nnsc1Cl. The van der Waals surface area contributed by atoms with Gasteiger partial charge in [-0.1, -0.05) is 16.1 Å². The molecule has 0 bridgehead atoms. The van der Waals surface area contributed by atoms with Crippen LogP contribution in [0, 0.1) is 6.92 Å². The van der Waals surface area contributed by atoms with Crippen molar-refractivity contribution >= 4 is 23.1 Å². The quantitative estimate of drug-likeness (QED) is 0.733. The molecular weight excluding hydrogens is 212 g/mol. The molecule has 0 atom stereocenters. The van der Waals surface area contributed by atoms with Crippen molar-refractivity contribution in [1.29, 1.82) is 0 Å². The number of aryl methyl sites for hydroxylation is 1. The largest absolute Gasteiger partial charge is 0.224 e. The highest BCUT2D eigenvalue weighted by molar-refractivity contribution is 7.10. The van der Waals surface area contributed by atoms with E-state index in [2.05, 4.69) is 25.1 Å². The highest BCUT2D eigenvalue weighted by atomic mass is 35.5. The molecule has 0 unspecified atom stereocenters. The van der Waals surface area contributed by atoms with E-state index in [0.717, 1.165) is 17.4 Å². The standard InChI is InChI=1S/C5H5ClN6S/c1-3-7-9-10-12(3)2-4-5(6)13-11-8-4/h2H2,1H3. The number of nitrogens with zero attached hydrogens (tertiary/aromatic N) is 6. The van der Waals surface area contributed by atoms with Crippen LogP contribution in [0.1, 0.15) is 11.5 Å².